The van der Waals surface area contributed by atoms with Crippen molar-refractivity contribution in [2.24, 2.45) is 0 Å². The molecule has 0 bridgehead atoms. The van der Waals surface area contributed by atoms with Crippen LogP contribution in [-0.2, 0) is 6.18 Å². The van der Waals surface area contributed by atoms with Gasteiger partial charge < -0.3 is 26.1 Å². The first-order chi connectivity index (χ1) is 12.4. The minimum atomic E-state index is -4.55. The van der Waals surface area contributed by atoms with E-state index in [1.165, 1.54) is 7.05 Å². The van der Waals surface area contributed by atoms with Crippen LogP contribution < -0.4 is 20.7 Å². The van der Waals surface area contributed by atoms with E-state index in [9.17, 15) is 13.2 Å². The van der Waals surface area contributed by atoms with E-state index in [1.807, 2.05) is 0 Å². The first-order valence-corrected chi connectivity index (χ1v) is 7.87. The summed E-state index contributed by atoms with van der Waals surface area (Å²) in [6.45, 7) is 1.26. The molecule has 0 radical (unpaired) electrons. The third kappa shape index (κ3) is 3.48. The zero-order chi connectivity index (χ0) is 18.7. The average molecular weight is 366 g/mol. The molecule has 0 fully saturated rings. The van der Waals surface area contributed by atoms with Crippen molar-refractivity contribution < 1.29 is 17.9 Å². The Hall–Kier alpha value is -3.04. The van der Waals surface area contributed by atoms with Crippen molar-refractivity contribution >= 4 is 29.4 Å². The first kappa shape index (κ1) is 17.8. The fourth-order valence-electron chi connectivity index (χ4n) is 2.59. The maximum Gasteiger partial charge on any atom is 0.421 e. The number of anilines is 4. The molecule has 0 unspecified atom stereocenters. The van der Waals surface area contributed by atoms with Crippen LogP contribution in [0.4, 0.5) is 36.3 Å². The SMILES string of the molecule is CNc1nc(Nc2ccc3c(c2C=N)NCCCO3)ncc1C(F)(F)F. The van der Waals surface area contributed by atoms with E-state index < -0.39 is 11.7 Å². The molecule has 2 heterocycles. The molecule has 138 valence electrons. The molecule has 10 heteroatoms. The highest BCUT2D eigenvalue weighted by Crippen LogP contribution is 2.36. The van der Waals surface area contributed by atoms with Gasteiger partial charge in [0.2, 0.25) is 5.95 Å². The van der Waals surface area contributed by atoms with Crippen molar-refractivity contribution in [1.29, 1.82) is 5.41 Å². The third-order valence-electron chi connectivity index (χ3n) is 3.81. The molecule has 0 amide bonds. The van der Waals surface area contributed by atoms with Crippen molar-refractivity contribution in [3.63, 3.8) is 0 Å². The summed E-state index contributed by atoms with van der Waals surface area (Å²) in [7, 11) is 1.36. The molecule has 1 aliphatic rings. The van der Waals surface area contributed by atoms with Gasteiger partial charge in [-0.25, -0.2) is 4.98 Å². The number of benzene rings is 1. The molecule has 0 spiro atoms. The Morgan fingerprint density at radius 3 is 2.85 bits per heavy atom. The predicted octanol–water partition coefficient (Wildman–Crippen LogP) is 3.47. The summed E-state index contributed by atoms with van der Waals surface area (Å²) in [5.41, 5.74) is 0.704. The molecule has 0 saturated carbocycles. The Morgan fingerprint density at radius 1 is 1.35 bits per heavy atom. The van der Waals surface area contributed by atoms with E-state index in [0.29, 0.717) is 35.8 Å². The minimum Gasteiger partial charge on any atom is -0.491 e. The van der Waals surface area contributed by atoms with Crippen molar-refractivity contribution in [2.45, 2.75) is 12.6 Å². The van der Waals surface area contributed by atoms with Gasteiger partial charge >= 0.3 is 6.18 Å². The number of ether oxygens (including phenoxy) is 1. The second-order valence-electron chi connectivity index (χ2n) is 5.50. The van der Waals surface area contributed by atoms with Crippen LogP contribution in [0.1, 0.15) is 17.5 Å². The van der Waals surface area contributed by atoms with Gasteiger partial charge in [0, 0.05) is 31.6 Å². The normalized spacial score (nSPS) is 13.7. The van der Waals surface area contributed by atoms with Gasteiger partial charge in [-0.3, -0.25) is 0 Å². The minimum absolute atomic E-state index is 0.0139. The standard InChI is InChI=1S/C16H17F3N6O/c1-21-14-10(16(17,18)19)8-23-15(25-14)24-11-3-4-12-13(9(11)7-20)22-5-2-6-26-12/h3-4,7-8,20,22H,2,5-6H2,1H3,(H2,21,23,24,25). The van der Waals surface area contributed by atoms with Crippen LogP contribution in [0.15, 0.2) is 18.3 Å². The number of rotatable bonds is 4. The maximum absolute atomic E-state index is 12.9. The highest BCUT2D eigenvalue weighted by molar-refractivity contribution is 5.96. The van der Waals surface area contributed by atoms with Crippen LogP contribution in [-0.4, -0.2) is 36.4 Å². The summed E-state index contributed by atoms with van der Waals surface area (Å²) in [5.74, 6) is 0.276. The van der Waals surface area contributed by atoms with Crippen molar-refractivity contribution in [3.8, 4) is 5.75 Å². The predicted molar refractivity (Wildman–Crippen MR) is 92.8 cm³/mol. The van der Waals surface area contributed by atoms with E-state index in [1.54, 1.807) is 12.1 Å². The Kier molecular flexibility index (Phi) is 4.83. The van der Waals surface area contributed by atoms with Gasteiger partial charge in [0.1, 0.15) is 17.1 Å². The monoisotopic (exact) mass is 366 g/mol. The van der Waals surface area contributed by atoms with Crippen LogP contribution >= 0.6 is 0 Å². The lowest BCUT2D eigenvalue weighted by Gasteiger charge is -2.16. The second-order valence-corrected chi connectivity index (χ2v) is 5.50. The lowest BCUT2D eigenvalue weighted by molar-refractivity contribution is -0.137. The molecule has 0 aliphatic carbocycles. The van der Waals surface area contributed by atoms with E-state index >= 15 is 0 Å². The number of alkyl halides is 3. The first-order valence-electron chi connectivity index (χ1n) is 7.87. The Balaban J connectivity index is 1.96. The van der Waals surface area contributed by atoms with Crippen molar-refractivity contribution in [2.75, 3.05) is 36.1 Å². The van der Waals surface area contributed by atoms with E-state index in [2.05, 4.69) is 25.9 Å². The fourth-order valence-corrected chi connectivity index (χ4v) is 2.59. The molecular weight excluding hydrogens is 349 g/mol. The third-order valence-corrected chi connectivity index (χ3v) is 3.81. The van der Waals surface area contributed by atoms with Crippen LogP contribution in [0.2, 0.25) is 0 Å². The number of fused-ring (bicyclic) bond motifs is 1. The largest absolute Gasteiger partial charge is 0.491 e. The molecule has 1 aliphatic heterocycles. The number of halogens is 3. The van der Waals surface area contributed by atoms with Gasteiger partial charge in [-0.05, 0) is 18.6 Å². The molecule has 1 aromatic carbocycles. The summed E-state index contributed by atoms with van der Waals surface area (Å²) >= 11 is 0. The highest BCUT2D eigenvalue weighted by Gasteiger charge is 2.35. The number of hydrogen-bond donors (Lipinski definition) is 4. The summed E-state index contributed by atoms with van der Waals surface area (Å²) < 4.78 is 44.5. The number of nitrogens with zero attached hydrogens (tertiary/aromatic N) is 2. The maximum atomic E-state index is 12.9. The van der Waals surface area contributed by atoms with E-state index in [4.69, 9.17) is 10.1 Å². The summed E-state index contributed by atoms with van der Waals surface area (Å²) in [6.07, 6.45) is -1.87. The van der Waals surface area contributed by atoms with Crippen molar-refractivity contribution in [1.82, 2.24) is 9.97 Å². The second kappa shape index (κ2) is 7.06. The van der Waals surface area contributed by atoms with Gasteiger partial charge in [0.05, 0.1) is 18.0 Å². The number of nitrogens with one attached hydrogen (secondary N) is 4. The zero-order valence-corrected chi connectivity index (χ0v) is 13.9. The molecule has 1 aromatic heterocycles. The molecule has 2 aromatic rings. The highest BCUT2D eigenvalue weighted by atomic mass is 19.4. The Morgan fingerprint density at radius 2 is 2.15 bits per heavy atom. The van der Waals surface area contributed by atoms with Gasteiger partial charge in [-0.1, -0.05) is 0 Å². The molecule has 26 heavy (non-hydrogen) atoms. The van der Waals surface area contributed by atoms with Gasteiger partial charge in [-0.2, -0.15) is 18.2 Å². The summed E-state index contributed by atoms with van der Waals surface area (Å²) in [5, 5.41) is 16.2. The number of hydrogen-bond acceptors (Lipinski definition) is 7. The molecule has 0 atom stereocenters. The topological polar surface area (TPSA) is 95.0 Å². The molecular formula is C16H17F3N6O. The van der Waals surface area contributed by atoms with Crippen LogP contribution in [0.3, 0.4) is 0 Å². The van der Waals surface area contributed by atoms with Gasteiger partial charge in [-0.15, -0.1) is 0 Å². The molecule has 3 rings (SSSR count). The van der Waals surface area contributed by atoms with Crippen LogP contribution in [0.25, 0.3) is 0 Å². The van der Waals surface area contributed by atoms with Crippen LogP contribution in [0.5, 0.6) is 5.75 Å². The zero-order valence-electron chi connectivity index (χ0n) is 13.9. The molecule has 7 nitrogen and oxygen atoms in total. The summed E-state index contributed by atoms with van der Waals surface area (Å²) in [4.78, 5) is 7.62. The van der Waals surface area contributed by atoms with Gasteiger partial charge in [0.15, 0.2) is 0 Å². The lowest BCUT2D eigenvalue weighted by atomic mass is 10.1. The van der Waals surface area contributed by atoms with Gasteiger partial charge in [0.25, 0.3) is 0 Å². The molecule has 0 saturated heterocycles. The fraction of sp³-hybridized carbons (Fsp3) is 0.312. The Labute approximate surface area is 147 Å². The Bertz CT molecular complexity index is 824. The van der Waals surface area contributed by atoms with Crippen molar-refractivity contribution in [3.05, 3.63) is 29.5 Å². The van der Waals surface area contributed by atoms with E-state index in [-0.39, 0.29) is 11.8 Å². The number of aromatic nitrogens is 2. The smallest absolute Gasteiger partial charge is 0.421 e. The van der Waals surface area contributed by atoms with E-state index in [0.717, 1.165) is 18.8 Å². The quantitative estimate of drug-likeness (QED) is 0.619. The summed E-state index contributed by atoms with van der Waals surface area (Å²) in [6, 6.07) is 3.40. The lowest BCUT2D eigenvalue weighted by Crippen LogP contribution is -2.13. The van der Waals surface area contributed by atoms with Crippen LogP contribution in [0, 0.1) is 5.41 Å². The average Bonchev–Trinajstić information content (AvgIpc) is 2.86. The molecule has 4 N–H and O–H groups in total.